The van der Waals surface area contributed by atoms with Crippen LogP contribution in [0.1, 0.15) is 153 Å². The minimum absolute atomic E-state index is 0. The van der Waals surface area contributed by atoms with Crippen LogP contribution in [0.15, 0.2) is 463 Å². The number of nitrogens with one attached hydrogen (secondary N) is 2. The first-order valence-corrected chi connectivity index (χ1v) is 47.1. The molecule has 32 heteroatoms. The van der Waals surface area contributed by atoms with E-state index >= 15 is 0 Å². The Labute approximate surface area is 887 Å². The van der Waals surface area contributed by atoms with Crippen molar-refractivity contribution in [2.24, 2.45) is 25.9 Å². The number of thiol groups is 1. The maximum absolute atomic E-state index is 12.4. The van der Waals surface area contributed by atoms with E-state index in [0.29, 0.717) is 38.5 Å². The van der Waals surface area contributed by atoms with E-state index in [2.05, 4.69) is 104 Å². The Hall–Kier alpha value is -18.7. The van der Waals surface area contributed by atoms with Crippen molar-refractivity contribution in [3.63, 3.8) is 0 Å². The number of aliphatic imine (C=N–C) groups is 3. The number of aromatic nitrogens is 11. The number of nitrogens with zero attached hydrogens (tertiary/aromatic N) is 18. The second-order valence-corrected chi connectivity index (χ2v) is 31.2. The number of azide groups is 1. The summed E-state index contributed by atoms with van der Waals surface area (Å²) in [4.78, 5) is 90.0. The van der Waals surface area contributed by atoms with E-state index in [4.69, 9.17) is 37.5 Å². The van der Waals surface area contributed by atoms with Crippen molar-refractivity contribution in [1.82, 2.24) is 59.2 Å². The molecule has 0 aliphatic carbocycles. The van der Waals surface area contributed by atoms with Crippen LogP contribution in [-0.2, 0) is 17.9 Å². The lowest BCUT2D eigenvalue weighted by atomic mass is 10.0. The number of para-hydroxylation sites is 6. The first-order valence-electron chi connectivity index (χ1n) is 45.4. The minimum Gasteiger partial charge on any atom is -0.477 e. The van der Waals surface area contributed by atoms with Gasteiger partial charge in [0.05, 0.1) is 73.4 Å². The molecule has 19 rings (SSSR count). The Morgan fingerprint density at radius 1 is 0.427 bits per heavy atom. The van der Waals surface area contributed by atoms with Gasteiger partial charge in [0.25, 0.3) is 5.91 Å². The van der Waals surface area contributed by atoms with E-state index in [0.717, 1.165) is 93.4 Å². The third-order valence-corrected chi connectivity index (χ3v) is 21.2. The van der Waals surface area contributed by atoms with Gasteiger partial charge in [0.1, 0.15) is 16.2 Å². The van der Waals surface area contributed by atoms with E-state index in [9.17, 15) is 33.9 Å². The number of halogens is 1. The molecule has 12 aromatic carbocycles. The smallest absolute Gasteiger partial charge is 0.341 e. The van der Waals surface area contributed by atoms with Gasteiger partial charge in [0.2, 0.25) is 0 Å². The summed E-state index contributed by atoms with van der Waals surface area (Å²) in [6, 6.07) is 120. The molecule has 0 radical (unpaired) electrons. The molecule has 0 bridgehead atoms. The predicted molar refractivity (Wildman–Crippen MR) is 609 cm³/mol. The molecular weight excluding hydrogens is 1970 g/mol. The number of carbonyl (C=O) groups is 6. The Balaban J connectivity index is 0.000000269. The van der Waals surface area contributed by atoms with Gasteiger partial charge < -0.3 is 26.7 Å². The number of fused-ring (bicyclic) bond motifs is 1. The molecule has 8 N–H and O–H groups in total. The number of rotatable bonds is 21. The van der Waals surface area contributed by atoms with Crippen molar-refractivity contribution in [1.29, 1.82) is 5.26 Å². The van der Waals surface area contributed by atoms with Gasteiger partial charge in [-0.1, -0.05) is 320 Å². The van der Waals surface area contributed by atoms with Crippen LogP contribution in [0.2, 0.25) is 0 Å². The summed E-state index contributed by atoms with van der Waals surface area (Å²) in [5.74, 6) is 4.02. The molecule has 6 aromatic heterocycles. The number of hydrogen-bond acceptors (Lipinski definition) is 22. The van der Waals surface area contributed by atoms with Gasteiger partial charge in [0, 0.05) is 108 Å². The number of Topliss-reactive ketones (excluding diaryl/α,β-unsaturated/α-hetero) is 4. The van der Waals surface area contributed by atoms with E-state index < -0.39 is 11.9 Å². The summed E-state index contributed by atoms with van der Waals surface area (Å²) in [5, 5.41) is 53.1. The first-order chi connectivity index (χ1) is 71.7. The van der Waals surface area contributed by atoms with E-state index in [1.54, 1.807) is 56.6 Å². The lowest BCUT2D eigenvalue weighted by Crippen LogP contribution is -2.05. The Kier molecular flexibility index (Phi) is 51.8. The monoisotopic (exact) mass is 2080 g/mol. The lowest BCUT2D eigenvalue weighted by molar-refractivity contribution is -0.113. The van der Waals surface area contributed by atoms with E-state index in [1.165, 1.54) is 62.0 Å². The van der Waals surface area contributed by atoms with Crippen molar-refractivity contribution >= 4 is 110 Å². The van der Waals surface area contributed by atoms with Crippen molar-refractivity contribution in [3.05, 3.63) is 526 Å². The number of amides is 1. The van der Waals surface area contributed by atoms with Crippen LogP contribution in [0, 0.1) is 11.3 Å². The van der Waals surface area contributed by atoms with E-state index in [-0.39, 0.29) is 79.6 Å². The first kappa shape index (κ1) is 120. The number of nitriles is 1. The number of aliphatic hydroxyl groups is 1. The number of carboxylic acids is 1. The van der Waals surface area contributed by atoms with Crippen LogP contribution in [0.3, 0.4) is 0 Å². The summed E-state index contributed by atoms with van der Waals surface area (Å²) < 4.78 is 8.65. The second-order valence-electron chi connectivity index (χ2n) is 30.4. The van der Waals surface area contributed by atoms with Gasteiger partial charge in [0.15, 0.2) is 46.4 Å². The summed E-state index contributed by atoms with van der Waals surface area (Å²) in [7, 11) is 1.00. The molecule has 1 amide bonds. The summed E-state index contributed by atoms with van der Waals surface area (Å²) in [6.45, 7) is 15.6. The minimum atomic E-state index is -1.07. The number of carboxylic acid groups (broad SMARTS) is 1. The number of ketones is 4. The Morgan fingerprint density at radius 2 is 0.700 bits per heavy atom. The molecule has 0 spiro atoms. The van der Waals surface area contributed by atoms with Crippen LogP contribution in [0.25, 0.3) is 38.9 Å². The largest absolute Gasteiger partial charge is 0.477 e. The summed E-state index contributed by atoms with van der Waals surface area (Å²) in [6.07, 6.45) is 15.1. The summed E-state index contributed by atoms with van der Waals surface area (Å²) in [5.41, 5.74) is 34.3. The fraction of sp³-hybridized carbons (Fsp3) is 0.102. The Bertz CT molecular complexity index is 7040. The zero-order valence-corrected chi connectivity index (χ0v) is 84.0. The van der Waals surface area contributed by atoms with Crippen molar-refractivity contribution in [2.45, 2.75) is 70.0 Å². The molecule has 762 valence electrons. The maximum Gasteiger partial charge on any atom is 0.341 e. The van der Waals surface area contributed by atoms with Gasteiger partial charge in [-0.05, 0) is 157 Å². The van der Waals surface area contributed by atoms with Gasteiger partial charge in [-0.2, -0.15) is 23.0 Å². The number of carbonyl (C=O) groups excluding carboxylic acids is 5. The number of allylic oxidation sites excluding steroid dienone is 2. The third-order valence-electron chi connectivity index (χ3n) is 20.6. The summed E-state index contributed by atoms with van der Waals surface area (Å²) >= 11 is 6.79. The van der Waals surface area contributed by atoms with Gasteiger partial charge in [-0.25, -0.2) is 43.2 Å². The number of hydrogen-bond donors (Lipinski definition) is 7. The Morgan fingerprint density at radius 3 is 0.967 bits per heavy atom. The molecule has 0 unspecified atom stereocenters. The molecule has 30 nitrogen and oxygen atoms in total. The molecular formula is C118H119BrN22O8S. The molecule has 150 heavy (non-hydrogen) atoms. The number of hydrazine groups is 1. The van der Waals surface area contributed by atoms with Gasteiger partial charge in [-0.3, -0.25) is 34.8 Å². The maximum atomic E-state index is 12.4. The molecule has 1 aliphatic rings. The fourth-order valence-corrected chi connectivity index (χ4v) is 14.1. The standard InChI is InChI=1S/C24H19N3O.C23H16N6O.C23H17N3O2.C11H9BrN2O.C11H11N3O.C7H8N2.C6H8N2.C6H7NO.C2H4.CH4O.CH4S.3CH4/c1-18(28)22-17-27(21-15-9-4-10-16-21)26-24(22)25-23(19-11-5-2-6-12-19)20-13-7-3-8-14-20;24-28-26-23(30)20-16-29(19-14-8-3-9-15-19)27-22(20)25-21(17-10-4-1-5-11-17)18-12-6-2-7-13-18;27-23(28)20-16-26(19-14-8-3-9-15-19)25-22(20)24-21(17-10-4-1-5-11-17)18-12-6-2-7-13-18;2*1-8(15)10-7-14(13-11(10)12)9-5-3-2-4-6-9;1-2-8-4-7-5-9-3-6(1)7;7-8-6-4-2-1-3-5-6;1-3-6(4-7)5(2)8;3*1-2;;;/h2-17H,1H3;1-16H;1-16H,(H,27,28);2-7H,1H3;2-7H,1H3,(H2,12,13);1-2,4,9H,3,5H2;1-5,8H,7H2;3H,1-2H3;1-2H2;2*2H,1H3;3*1H4/b;;;;;;;6-3-;;;;;;. The molecule has 0 atom stereocenters. The highest BCUT2D eigenvalue weighted by atomic mass is 79.9. The molecule has 0 fully saturated rings. The van der Waals surface area contributed by atoms with Crippen molar-refractivity contribution in [3.8, 4) is 34.5 Å². The molecule has 1 aliphatic heterocycles. The van der Waals surface area contributed by atoms with Gasteiger partial charge >= 0.3 is 5.97 Å². The van der Waals surface area contributed by atoms with Crippen LogP contribution >= 0.6 is 28.6 Å². The van der Waals surface area contributed by atoms with Crippen LogP contribution in [0.4, 0.5) is 29.0 Å². The quantitative estimate of drug-likeness (QED) is 0.00300. The SMILES string of the molecule is C.C.C.C/C=C(/C#N)C(C)=O.C=C.CC(=O)c1cn(-c2ccccc2)nc1Br.CC(=O)c1cn(-c2ccccc2)nc1N.CC(=O)c1cn(-c2ccccc2)nc1N=C(c1ccccc1)c1ccccc1.CO.CS.NNc1ccccc1.O=C(O)c1cn(-c2ccccc2)nc1N=C(c1ccccc1)c1ccccc1.[N-]=[N+]=NC(=O)c1cn(-c2ccccc2)nc1N=C(c1ccccc1)c1ccccc1.c1cc2c(cn1)CNC2. The number of aromatic carboxylic acids is 1. The van der Waals surface area contributed by atoms with Crippen LogP contribution in [0.5, 0.6) is 0 Å². The predicted octanol–water partition coefficient (Wildman–Crippen LogP) is 25.5. The molecule has 0 saturated heterocycles. The zero-order chi connectivity index (χ0) is 106. The normalized spacial score (nSPS) is 10.0. The number of aliphatic hydroxyl groups excluding tert-OH is 1. The van der Waals surface area contributed by atoms with Gasteiger partial charge in [-0.15, -0.1) is 33.6 Å². The molecule has 7 heterocycles. The highest BCUT2D eigenvalue weighted by Crippen LogP contribution is 2.29. The highest BCUT2D eigenvalue weighted by Gasteiger charge is 2.23. The second kappa shape index (κ2) is 64.8. The highest BCUT2D eigenvalue weighted by molar-refractivity contribution is 9.10. The lowest BCUT2D eigenvalue weighted by Gasteiger charge is -2.07. The number of nitrogens with two attached hydrogens (primary N) is 2. The van der Waals surface area contributed by atoms with Crippen molar-refractivity contribution in [2.75, 3.05) is 24.5 Å². The molecule has 18 aromatic rings. The fourth-order valence-electron chi connectivity index (χ4n) is 13.6. The zero-order valence-electron chi connectivity index (χ0n) is 81.5. The topological polar surface area (TPSA) is 431 Å². The van der Waals surface area contributed by atoms with E-state index in [1.807, 2.05) is 376 Å². The molecule has 0 saturated carbocycles. The van der Waals surface area contributed by atoms with Crippen LogP contribution < -0.4 is 22.3 Å². The number of benzene rings is 12. The average Bonchev–Trinajstić information content (AvgIpc) is 1.67. The number of nitrogen functional groups attached to an aromatic ring is 2. The van der Waals surface area contributed by atoms with Crippen LogP contribution in [-0.4, -0.2) is 130 Å². The number of pyridine rings is 1. The average molecular weight is 2090 g/mol. The number of anilines is 2. The van der Waals surface area contributed by atoms with Crippen molar-refractivity contribution < 1.29 is 39.0 Å². The third kappa shape index (κ3) is 35.9.